The van der Waals surface area contributed by atoms with Crippen LogP contribution in [0.15, 0.2) is 0 Å². The van der Waals surface area contributed by atoms with Crippen molar-refractivity contribution in [3.8, 4) is 0 Å². The van der Waals surface area contributed by atoms with Crippen molar-refractivity contribution in [3.63, 3.8) is 0 Å². The number of amides is 1. The van der Waals surface area contributed by atoms with Crippen LogP contribution in [0.1, 0.15) is 124 Å². The van der Waals surface area contributed by atoms with Gasteiger partial charge in [-0.3, -0.25) is 9.59 Å². The summed E-state index contributed by atoms with van der Waals surface area (Å²) < 4.78 is 6.10. The number of nitrogens with one attached hydrogen (secondary N) is 2. The molecule has 6 atom stereocenters. The highest BCUT2D eigenvalue weighted by atomic mass is 127. The highest BCUT2D eigenvalue weighted by Crippen LogP contribution is 2.43. The van der Waals surface area contributed by atoms with Crippen LogP contribution in [0.3, 0.4) is 0 Å². The van der Waals surface area contributed by atoms with E-state index in [1.54, 1.807) is 0 Å². The number of alkyl halides is 1. The molecule has 3 rings (SSSR count). The van der Waals surface area contributed by atoms with Gasteiger partial charge in [-0.2, -0.15) is 0 Å². The van der Waals surface area contributed by atoms with Crippen molar-refractivity contribution >= 4 is 34.3 Å². The first-order valence-corrected chi connectivity index (χ1v) is 16.2. The summed E-state index contributed by atoms with van der Waals surface area (Å²) in [5.41, 5.74) is 0. The minimum atomic E-state index is 0.0374. The maximum Gasteiger partial charge on any atom is 0.220 e. The molecule has 5 nitrogen and oxygen atoms in total. The number of hydrogen-bond donors (Lipinski definition) is 2. The van der Waals surface area contributed by atoms with Gasteiger partial charge in [0.25, 0.3) is 0 Å². The van der Waals surface area contributed by atoms with Gasteiger partial charge in [0.1, 0.15) is 0 Å². The number of rotatable bonds is 12. The zero-order chi connectivity index (χ0) is 26.0. The van der Waals surface area contributed by atoms with Crippen LogP contribution >= 0.6 is 22.6 Å². The van der Waals surface area contributed by atoms with E-state index in [0.717, 1.165) is 51.0 Å². The zero-order valence-corrected chi connectivity index (χ0v) is 25.5. The molecule has 1 aliphatic heterocycles. The maximum atomic E-state index is 13.3. The van der Waals surface area contributed by atoms with Crippen molar-refractivity contribution in [2.45, 2.75) is 145 Å². The van der Waals surface area contributed by atoms with Gasteiger partial charge in [-0.1, -0.05) is 81.4 Å². The number of fused-ring (bicyclic) bond motifs is 4. The predicted octanol–water partition coefficient (Wildman–Crippen LogP) is 6.75. The highest BCUT2D eigenvalue weighted by molar-refractivity contribution is 14.1. The molecule has 0 radical (unpaired) electrons. The molecule has 2 saturated carbocycles. The molecule has 0 aromatic heterocycles. The summed E-state index contributed by atoms with van der Waals surface area (Å²) >= 11 is 2.44. The Morgan fingerprint density at radius 1 is 1.11 bits per heavy atom. The number of ether oxygens (including phenoxy) is 1. The van der Waals surface area contributed by atoms with Gasteiger partial charge in [-0.15, -0.1) is 0 Å². The SMILES string of the molecule is CC(CCC(=O)NCCCCC1NC2C3CCCCCCCCC(C3)CC2C1=O)OCCC(C)(C)I. The summed E-state index contributed by atoms with van der Waals surface area (Å²) in [5.74, 6) is 2.32. The Balaban J connectivity index is 1.31. The van der Waals surface area contributed by atoms with E-state index in [0.29, 0.717) is 30.7 Å². The molecule has 2 aliphatic carbocycles. The number of halogens is 1. The third kappa shape index (κ3) is 10.5. The van der Waals surface area contributed by atoms with Crippen LogP contribution in [0, 0.1) is 17.8 Å². The molecule has 0 aromatic carbocycles. The molecular formula is C30H53IN2O3. The van der Waals surface area contributed by atoms with Crippen LogP contribution < -0.4 is 10.6 Å². The summed E-state index contributed by atoms with van der Waals surface area (Å²) in [7, 11) is 0. The van der Waals surface area contributed by atoms with Gasteiger partial charge in [0.05, 0.1) is 12.1 Å². The van der Waals surface area contributed by atoms with E-state index in [-0.39, 0.29) is 27.4 Å². The van der Waals surface area contributed by atoms with Crippen LogP contribution in [-0.2, 0) is 14.3 Å². The number of Topliss-reactive ketones (excluding diaryl/α,β-unsaturated/α-hetero) is 1. The number of carbonyl (C=O) groups is 2. The normalized spacial score (nSPS) is 30.3. The van der Waals surface area contributed by atoms with E-state index >= 15 is 0 Å². The fourth-order valence-corrected chi connectivity index (χ4v) is 6.86. The van der Waals surface area contributed by atoms with Crippen molar-refractivity contribution in [2.24, 2.45) is 17.8 Å². The number of unbranched alkanes of at least 4 members (excludes halogenated alkanes) is 1. The third-order valence-electron chi connectivity index (χ3n) is 8.82. The van der Waals surface area contributed by atoms with Gasteiger partial charge >= 0.3 is 0 Å². The number of ketones is 1. The van der Waals surface area contributed by atoms with Crippen LogP contribution in [0.4, 0.5) is 0 Å². The van der Waals surface area contributed by atoms with Crippen molar-refractivity contribution in [2.75, 3.05) is 13.2 Å². The van der Waals surface area contributed by atoms with E-state index in [1.807, 2.05) is 0 Å². The quantitative estimate of drug-likeness (QED) is 0.145. The van der Waals surface area contributed by atoms with Gasteiger partial charge < -0.3 is 15.4 Å². The standard InChI is InChI=1S/C30H53IN2O3/c1-22(36-19-17-30(2,3)31)15-16-27(34)32-18-11-10-14-26-29(35)25-21-23-12-8-6-4-5-7-9-13-24(20-23)28(25)33-26/h22-26,28,33H,4-21H2,1-3H3,(H,32,34). The second-order valence-corrected chi connectivity index (χ2v) is 15.5. The van der Waals surface area contributed by atoms with Gasteiger partial charge in [-0.25, -0.2) is 0 Å². The Morgan fingerprint density at radius 2 is 1.83 bits per heavy atom. The lowest BCUT2D eigenvalue weighted by Gasteiger charge is -2.38. The summed E-state index contributed by atoms with van der Waals surface area (Å²) in [5, 5.41) is 6.87. The third-order valence-corrected chi connectivity index (χ3v) is 9.36. The molecule has 208 valence electrons. The van der Waals surface area contributed by atoms with Gasteiger partial charge in [0.15, 0.2) is 5.78 Å². The summed E-state index contributed by atoms with van der Waals surface area (Å²) in [4.78, 5) is 25.5. The average Bonchev–Trinajstić information content (AvgIpc) is 3.11. The lowest BCUT2D eigenvalue weighted by molar-refractivity contribution is -0.124. The number of carbonyl (C=O) groups excluding carboxylic acids is 2. The topological polar surface area (TPSA) is 67.4 Å². The Labute approximate surface area is 234 Å². The van der Waals surface area contributed by atoms with E-state index < -0.39 is 0 Å². The molecule has 0 spiro atoms. The van der Waals surface area contributed by atoms with Crippen molar-refractivity contribution in [1.29, 1.82) is 0 Å². The molecule has 1 heterocycles. The van der Waals surface area contributed by atoms with E-state index in [9.17, 15) is 9.59 Å². The molecule has 3 fully saturated rings. The largest absolute Gasteiger partial charge is 0.378 e. The fraction of sp³-hybridized carbons (Fsp3) is 0.933. The Kier molecular flexibility index (Phi) is 13.0. The molecule has 6 heteroatoms. The second kappa shape index (κ2) is 15.4. The first-order valence-electron chi connectivity index (χ1n) is 15.1. The molecule has 6 unspecified atom stereocenters. The summed E-state index contributed by atoms with van der Waals surface area (Å²) in [6, 6.07) is 0.460. The second-order valence-electron chi connectivity index (χ2n) is 12.6. The first kappa shape index (κ1) is 30.3. The molecule has 36 heavy (non-hydrogen) atoms. The van der Waals surface area contributed by atoms with E-state index in [1.165, 1.54) is 57.8 Å². The zero-order valence-electron chi connectivity index (χ0n) is 23.3. The van der Waals surface area contributed by atoms with Crippen LogP contribution in [0.5, 0.6) is 0 Å². The molecule has 2 bridgehead atoms. The monoisotopic (exact) mass is 616 g/mol. The van der Waals surface area contributed by atoms with E-state index in [4.69, 9.17) is 4.74 Å². The molecule has 1 saturated heterocycles. The van der Waals surface area contributed by atoms with Gasteiger partial charge in [0.2, 0.25) is 5.91 Å². The first-order chi connectivity index (χ1) is 17.2. The summed E-state index contributed by atoms with van der Waals surface area (Å²) in [6.07, 6.45) is 18.6. The average molecular weight is 617 g/mol. The number of hydrogen-bond acceptors (Lipinski definition) is 4. The van der Waals surface area contributed by atoms with Crippen molar-refractivity contribution in [3.05, 3.63) is 0 Å². The minimum Gasteiger partial charge on any atom is -0.378 e. The Hall–Kier alpha value is -0.210. The molecular weight excluding hydrogens is 563 g/mol. The van der Waals surface area contributed by atoms with Crippen LogP contribution in [-0.4, -0.2) is 46.5 Å². The maximum absolute atomic E-state index is 13.3. The van der Waals surface area contributed by atoms with Crippen LogP contribution in [0.25, 0.3) is 0 Å². The highest BCUT2D eigenvalue weighted by Gasteiger charge is 2.48. The Morgan fingerprint density at radius 3 is 2.58 bits per heavy atom. The molecule has 2 N–H and O–H groups in total. The van der Waals surface area contributed by atoms with E-state index in [2.05, 4.69) is 54.0 Å². The molecule has 3 aliphatic rings. The van der Waals surface area contributed by atoms with Crippen LogP contribution in [0.2, 0.25) is 0 Å². The lowest BCUT2D eigenvalue weighted by atomic mass is 9.69. The molecule has 0 aromatic rings. The smallest absolute Gasteiger partial charge is 0.220 e. The minimum absolute atomic E-state index is 0.0374. The van der Waals surface area contributed by atoms with Crippen molar-refractivity contribution < 1.29 is 14.3 Å². The van der Waals surface area contributed by atoms with Gasteiger partial charge in [0, 0.05) is 35.0 Å². The predicted molar refractivity (Wildman–Crippen MR) is 157 cm³/mol. The fourth-order valence-electron chi connectivity index (χ4n) is 6.64. The van der Waals surface area contributed by atoms with Gasteiger partial charge in [-0.05, 0) is 70.1 Å². The Bertz CT molecular complexity index is 680. The summed E-state index contributed by atoms with van der Waals surface area (Å²) in [6.45, 7) is 7.91. The molecule has 1 amide bonds. The lowest BCUT2D eigenvalue weighted by Crippen LogP contribution is -2.42. The van der Waals surface area contributed by atoms with Crippen molar-refractivity contribution in [1.82, 2.24) is 10.6 Å².